The lowest BCUT2D eigenvalue weighted by Gasteiger charge is -2.21. The Labute approximate surface area is 491 Å². The van der Waals surface area contributed by atoms with Gasteiger partial charge in [0, 0.05) is 19.3 Å². The monoisotopic (exact) mass is 1150 g/mol. The maximum Gasteiger partial charge on any atom is 0.472 e. The quantitative estimate of drug-likeness (QED) is 0.0197. The van der Waals surface area contributed by atoms with Crippen molar-refractivity contribution in [2.45, 2.75) is 328 Å². The summed E-state index contributed by atoms with van der Waals surface area (Å²) in [5, 5.41) is 9.87. The Morgan fingerprint density at radius 2 is 0.650 bits per heavy atom. The number of ether oxygens (including phenoxy) is 3. The van der Waals surface area contributed by atoms with E-state index in [0.717, 1.165) is 77.0 Å². The zero-order chi connectivity index (χ0) is 58.3. The van der Waals surface area contributed by atoms with Crippen molar-refractivity contribution < 1.29 is 52.2 Å². The van der Waals surface area contributed by atoms with Crippen molar-refractivity contribution in [1.29, 1.82) is 0 Å². The van der Waals surface area contributed by atoms with E-state index in [1.54, 1.807) is 0 Å². The van der Waals surface area contributed by atoms with Gasteiger partial charge in [0.05, 0.1) is 19.8 Å². The van der Waals surface area contributed by atoms with Gasteiger partial charge in [0.25, 0.3) is 0 Å². The fourth-order valence-electron chi connectivity index (χ4n) is 9.40. The molecule has 3 atom stereocenters. The molecule has 0 aromatic rings. The fraction of sp³-hybridized carbons (Fsp3) is 0.809. The van der Waals surface area contributed by atoms with E-state index in [0.29, 0.717) is 19.3 Å². The van der Waals surface area contributed by atoms with Gasteiger partial charge >= 0.3 is 25.7 Å². The molecule has 80 heavy (non-hydrogen) atoms. The van der Waals surface area contributed by atoms with Gasteiger partial charge < -0.3 is 24.2 Å². The Bertz CT molecular complexity index is 1570. The van der Waals surface area contributed by atoms with Gasteiger partial charge in [-0.15, -0.1) is 0 Å². The fourth-order valence-corrected chi connectivity index (χ4v) is 10.2. The molecule has 0 saturated heterocycles. The normalized spacial score (nSPS) is 13.6. The summed E-state index contributed by atoms with van der Waals surface area (Å²) in [5.74, 6) is -1.50. The minimum absolute atomic E-state index is 0.157. The van der Waals surface area contributed by atoms with Crippen LogP contribution >= 0.6 is 7.82 Å². The lowest BCUT2D eigenvalue weighted by atomic mass is 10.0. The molecule has 466 valence electrons. The van der Waals surface area contributed by atoms with Crippen molar-refractivity contribution in [3.05, 3.63) is 60.8 Å². The van der Waals surface area contributed by atoms with Crippen molar-refractivity contribution in [2.75, 3.05) is 26.4 Å². The summed E-state index contributed by atoms with van der Waals surface area (Å²) in [4.78, 5) is 48.8. The Morgan fingerprint density at radius 3 is 1.04 bits per heavy atom. The van der Waals surface area contributed by atoms with E-state index in [-0.39, 0.29) is 25.9 Å². The molecule has 0 amide bonds. The second-order valence-corrected chi connectivity index (χ2v) is 23.7. The van der Waals surface area contributed by atoms with Crippen molar-refractivity contribution in [1.82, 2.24) is 0 Å². The van der Waals surface area contributed by atoms with Gasteiger partial charge in [0.15, 0.2) is 6.10 Å². The van der Waals surface area contributed by atoms with Crippen LogP contribution in [0.1, 0.15) is 316 Å². The van der Waals surface area contributed by atoms with Gasteiger partial charge in [-0.2, -0.15) is 0 Å². The molecule has 2 N–H and O–H groups in total. The first-order valence-corrected chi connectivity index (χ1v) is 34.7. The highest BCUT2D eigenvalue weighted by atomic mass is 31.2. The van der Waals surface area contributed by atoms with E-state index in [1.807, 2.05) is 0 Å². The molecule has 0 heterocycles. The number of aliphatic hydroxyl groups excluding tert-OH is 1. The molecule has 0 aromatic heterocycles. The Hall–Kier alpha value is -2.82. The van der Waals surface area contributed by atoms with Crippen LogP contribution in [0.25, 0.3) is 0 Å². The number of aliphatic hydroxyl groups is 1. The Kier molecular flexibility index (Phi) is 60.0. The molecule has 0 saturated carbocycles. The molecule has 0 aliphatic carbocycles. The van der Waals surface area contributed by atoms with Crippen LogP contribution in [0.4, 0.5) is 0 Å². The van der Waals surface area contributed by atoms with Crippen LogP contribution in [0.15, 0.2) is 60.8 Å². The summed E-state index contributed by atoms with van der Waals surface area (Å²) in [6.07, 6.45) is 70.4. The maximum atomic E-state index is 13.0. The first-order valence-electron chi connectivity index (χ1n) is 33.2. The minimum Gasteiger partial charge on any atom is -0.462 e. The van der Waals surface area contributed by atoms with Crippen LogP contribution < -0.4 is 0 Å². The second kappa shape index (κ2) is 62.2. The molecule has 11 nitrogen and oxygen atoms in total. The van der Waals surface area contributed by atoms with Crippen molar-refractivity contribution in [2.24, 2.45) is 0 Å². The van der Waals surface area contributed by atoms with Gasteiger partial charge in [-0.25, -0.2) is 4.57 Å². The number of esters is 3. The number of phosphoric acid groups is 1. The van der Waals surface area contributed by atoms with E-state index in [9.17, 15) is 28.9 Å². The van der Waals surface area contributed by atoms with E-state index < -0.39 is 57.8 Å². The summed E-state index contributed by atoms with van der Waals surface area (Å²) in [7, 11) is -4.76. The number of unbranched alkanes of at least 4 members (excludes halogenated alkanes) is 35. The molecule has 0 aliphatic rings. The summed E-state index contributed by atoms with van der Waals surface area (Å²) in [5.41, 5.74) is 0. The highest BCUT2D eigenvalue weighted by molar-refractivity contribution is 7.47. The van der Waals surface area contributed by atoms with Crippen LogP contribution in [0.5, 0.6) is 0 Å². The number of phosphoric ester groups is 1. The number of carbonyl (C=O) groups is 3. The Balaban J connectivity index is 4.67. The van der Waals surface area contributed by atoms with Crippen LogP contribution in [0.2, 0.25) is 0 Å². The summed E-state index contributed by atoms with van der Waals surface area (Å²) in [6.45, 7) is 4.55. The highest BCUT2D eigenvalue weighted by Gasteiger charge is 2.28. The predicted molar refractivity (Wildman–Crippen MR) is 335 cm³/mol. The zero-order valence-corrected chi connectivity index (χ0v) is 52.7. The standard InChI is InChI=1S/C68H123O11P/c1-4-7-10-13-16-19-22-25-28-30-32-34-37-40-43-46-49-52-55-58-67(71)78-64(60-69)62-76-80(73,74)77-63-65(61-75-66(70)57-54-51-48-45-42-39-36-27-24-21-18-15-12-9-6-3)79-68(72)59-56-53-50-47-44-41-38-35-33-31-29-26-23-20-17-14-11-8-5-2/h9,12,18,21,26-27,29,36,42,45,64-65,69H,4-8,10-11,13-17,19-20,22-25,28,30-35,37-41,43-44,46-63H2,1-3H3,(H,73,74)/b12-9-,21-18-,29-26-,36-27-,45-42-. The number of hydrogen-bond donors (Lipinski definition) is 2. The summed E-state index contributed by atoms with van der Waals surface area (Å²) in [6, 6.07) is 0. The van der Waals surface area contributed by atoms with Crippen LogP contribution in [0.3, 0.4) is 0 Å². The molecule has 3 unspecified atom stereocenters. The topological polar surface area (TPSA) is 155 Å². The number of hydrogen-bond acceptors (Lipinski definition) is 10. The van der Waals surface area contributed by atoms with Gasteiger partial charge in [-0.3, -0.25) is 23.4 Å². The van der Waals surface area contributed by atoms with Crippen molar-refractivity contribution in [3.63, 3.8) is 0 Å². The average molecular weight is 1150 g/mol. The van der Waals surface area contributed by atoms with E-state index in [1.165, 1.54) is 180 Å². The van der Waals surface area contributed by atoms with Crippen molar-refractivity contribution >= 4 is 25.7 Å². The highest BCUT2D eigenvalue weighted by Crippen LogP contribution is 2.43. The molecule has 0 bridgehead atoms. The molecular formula is C68H123O11P. The van der Waals surface area contributed by atoms with Crippen LogP contribution in [-0.2, 0) is 42.2 Å². The third-order valence-corrected chi connectivity index (χ3v) is 15.4. The molecular weight excluding hydrogens is 1020 g/mol. The third kappa shape index (κ3) is 59.8. The largest absolute Gasteiger partial charge is 0.472 e. The number of allylic oxidation sites excluding steroid dienone is 10. The minimum atomic E-state index is -4.76. The maximum absolute atomic E-state index is 13.0. The molecule has 0 rings (SSSR count). The lowest BCUT2D eigenvalue weighted by Crippen LogP contribution is -2.30. The molecule has 0 fully saturated rings. The molecule has 0 spiro atoms. The predicted octanol–water partition coefficient (Wildman–Crippen LogP) is 20.3. The molecule has 0 aromatic carbocycles. The summed E-state index contributed by atoms with van der Waals surface area (Å²) >= 11 is 0. The first kappa shape index (κ1) is 77.2. The van der Waals surface area contributed by atoms with Gasteiger partial charge in [0.1, 0.15) is 12.7 Å². The smallest absolute Gasteiger partial charge is 0.462 e. The third-order valence-electron chi connectivity index (χ3n) is 14.4. The molecule has 0 aliphatic heterocycles. The number of carbonyl (C=O) groups excluding carboxylic acids is 3. The SMILES string of the molecule is CC/C=C\C/C=C\C/C=C\C/C=C\CCCCC(=O)OCC(COP(=O)(O)OCC(CO)OC(=O)CCCCCCCCCCCCCCCCCCCCC)OC(=O)CCCCCCCCCCC/C=C\CCCCCCCC. The van der Waals surface area contributed by atoms with E-state index in [2.05, 4.69) is 81.5 Å². The van der Waals surface area contributed by atoms with E-state index in [4.69, 9.17) is 23.3 Å². The number of rotatable bonds is 62. The van der Waals surface area contributed by atoms with Gasteiger partial charge in [-0.05, 0) is 83.5 Å². The van der Waals surface area contributed by atoms with Gasteiger partial charge in [-0.1, -0.05) is 274 Å². The molecule has 0 radical (unpaired) electrons. The van der Waals surface area contributed by atoms with E-state index >= 15 is 0 Å². The summed E-state index contributed by atoms with van der Waals surface area (Å²) < 4.78 is 39.7. The lowest BCUT2D eigenvalue weighted by molar-refractivity contribution is -0.161. The zero-order valence-electron chi connectivity index (χ0n) is 51.8. The average Bonchev–Trinajstić information content (AvgIpc) is 3.45. The second-order valence-electron chi connectivity index (χ2n) is 22.3. The van der Waals surface area contributed by atoms with Gasteiger partial charge in [0.2, 0.25) is 0 Å². The molecule has 12 heteroatoms. The Morgan fingerprint density at radius 1 is 0.362 bits per heavy atom. The first-order chi connectivity index (χ1) is 39.2. The van der Waals surface area contributed by atoms with Crippen molar-refractivity contribution in [3.8, 4) is 0 Å². The van der Waals surface area contributed by atoms with Crippen LogP contribution in [-0.4, -0.2) is 66.5 Å². The van der Waals surface area contributed by atoms with Crippen LogP contribution in [0, 0.1) is 0 Å².